The fraction of sp³-hybridized carbons (Fsp3) is 0.533. The van der Waals surface area contributed by atoms with Crippen molar-refractivity contribution in [1.29, 1.82) is 0 Å². The second kappa shape index (κ2) is 9.78. The van der Waals surface area contributed by atoms with Crippen LogP contribution in [0.5, 0.6) is 5.75 Å². The standard InChI is InChI=1S/C15H21F3N4O3S.HI/c1-26(23,24)22-9-3-2-4-12(22)10-20-14(19)21-11-5-7-13(8-6-11)25-15(16,17)18;/h5-8,12H,2-4,9-10H2,1H3,(H3,19,20,21);1H. The number of rotatable bonds is 5. The maximum Gasteiger partial charge on any atom is 0.573 e. The number of nitrogens with two attached hydrogens (primary N) is 1. The second-order valence-electron chi connectivity index (χ2n) is 5.95. The van der Waals surface area contributed by atoms with Crippen molar-refractivity contribution >= 4 is 45.6 Å². The predicted molar refractivity (Wildman–Crippen MR) is 108 cm³/mol. The lowest BCUT2D eigenvalue weighted by Crippen LogP contribution is -2.45. The number of nitrogens with zero attached hydrogens (tertiary/aromatic N) is 2. The fourth-order valence-corrected chi connectivity index (χ4v) is 3.90. The van der Waals surface area contributed by atoms with Crippen molar-refractivity contribution < 1.29 is 26.3 Å². The van der Waals surface area contributed by atoms with Crippen LogP contribution < -0.4 is 15.8 Å². The highest BCUT2D eigenvalue weighted by molar-refractivity contribution is 14.0. The van der Waals surface area contributed by atoms with E-state index in [-0.39, 0.29) is 48.3 Å². The first-order valence-electron chi connectivity index (χ1n) is 7.94. The van der Waals surface area contributed by atoms with Gasteiger partial charge in [0.15, 0.2) is 5.96 Å². The third-order valence-corrected chi connectivity index (χ3v) is 5.16. The van der Waals surface area contributed by atoms with E-state index >= 15 is 0 Å². The van der Waals surface area contributed by atoms with Crippen molar-refractivity contribution in [2.45, 2.75) is 31.7 Å². The van der Waals surface area contributed by atoms with Gasteiger partial charge in [0.2, 0.25) is 10.0 Å². The summed E-state index contributed by atoms with van der Waals surface area (Å²) in [6.45, 7) is 0.675. The zero-order valence-corrected chi connectivity index (χ0v) is 17.7. The highest BCUT2D eigenvalue weighted by Crippen LogP contribution is 2.24. The minimum absolute atomic E-state index is 0. The molecule has 1 heterocycles. The van der Waals surface area contributed by atoms with Gasteiger partial charge in [0.25, 0.3) is 0 Å². The minimum atomic E-state index is -4.75. The number of halogens is 4. The molecule has 1 aliphatic heterocycles. The zero-order valence-electron chi connectivity index (χ0n) is 14.6. The van der Waals surface area contributed by atoms with Crippen LogP contribution in [0.25, 0.3) is 0 Å². The van der Waals surface area contributed by atoms with Gasteiger partial charge in [-0.25, -0.2) is 8.42 Å². The summed E-state index contributed by atoms with van der Waals surface area (Å²) in [5.41, 5.74) is 6.21. The van der Waals surface area contributed by atoms with Gasteiger partial charge in [-0.05, 0) is 37.1 Å². The molecule has 1 saturated heterocycles. The summed E-state index contributed by atoms with van der Waals surface area (Å²) in [4.78, 5) is 4.15. The first kappa shape index (κ1) is 23.8. The molecule has 1 fully saturated rings. The van der Waals surface area contributed by atoms with Gasteiger partial charge in [-0.15, -0.1) is 37.1 Å². The maximum atomic E-state index is 12.1. The molecule has 0 aliphatic carbocycles. The van der Waals surface area contributed by atoms with Crippen LogP contribution in [0.1, 0.15) is 19.3 Å². The number of anilines is 1. The number of nitrogens with one attached hydrogen (secondary N) is 1. The number of aliphatic imine (C=N–C) groups is 1. The minimum Gasteiger partial charge on any atom is -0.406 e. The van der Waals surface area contributed by atoms with Crippen LogP contribution in [0, 0.1) is 0 Å². The van der Waals surface area contributed by atoms with Crippen LogP contribution in [0.15, 0.2) is 29.3 Å². The van der Waals surface area contributed by atoms with Crippen LogP contribution >= 0.6 is 24.0 Å². The molecule has 2 rings (SSSR count). The molecular weight excluding hydrogens is 500 g/mol. The molecule has 1 atom stereocenters. The fourth-order valence-electron chi connectivity index (χ4n) is 2.72. The van der Waals surface area contributed by atoms with Crippen molar-refractivity contribution in [2.75, 3.05) is 24.7 Å². The quantitative estimate of drug-likeness (QED) is 0.352. The number of hydrogen-bond acceptors (Lipinski definition) is 4. The van der Waals surface area contributed by atoms with Crippen molar-refractivity contribution in [1.82, 2.24) is 4.31 Å². The Hall–Kier alpha value is -1.28. The van der Waals surface area contributed by atoms with E-state index < -0.39 is 16.4 Å². The predicted octanol–water partition coefficient (Wildman–Crippen LogP) is 2.74. The third-order valence-electron chi connectivity index (χ3n) is 3.83. The molecule has 12 heteroatoms. The molecule has 0 saturated carbocycles. The van der Waals surface area contributed by atoms with Crippen LogP contribution in [0.2, 0.25) is 0 Å². The molecule has 1 aliphatic rings. The van der Waals surface area contributed by atoms with Crippen molar-refractivity contribution in [3.8, 4) is 5.75 Å². The summed E-state index contributed by atoms with van der Waals surface area (Å²) in [7, 11) is -3.30. The van der Waals surface area contributed by atoms with Crippen LogP contribution in [0.4, 0.5) is 18.9 Å². The lowest BCUT2D eigenvalue weighted by molar-refractivity contribution is -0.274. The Morgan fingerprint density at radius 1 is 1.33 bits per heavy atom. The average Bonchev–Trinajstić information content (AvgIpc) is 2.53. The second-order valence-corrected chi connectivity index (χ2v) is 7.88. The highest BCUT2D eigenvalue weighted by Gasteiger charge is 2.31. The number of ether oxygens (including phenoxy) is 1. The normalized spacial score (nSPS) is 19.3. The molecule has 7 nitrogen and oxygen atoms in total. The number of sulfonamides is 1. The molecular formula is C15H22F3IN4O3S. The maximum absolute atomic E-state index is 12.1. The van der Waals surface area contributed by atoms with Gasteiger partial charge in [0, 0.05) is 18.3 Å². The van der Waals surface area contributed by atoms with E-state index in [4.69, 9.17) is 5.73 Å². The molecule has 3 N–H and O–H groups in total. The van der Waals surface area contributed by atoms with Gasteiger partial charge in [-0.3, -0.25) is 4.99 Å². The van der Waals surface area contributed by atoms with Crippen LogP contribution in [-0.2, 0) is 10.0 Å². The van der Waals surface area contributed by atoms with Crippen molar-refractivity contribution in [3.05, 3.63) is 24.3 Å². The van der Waals surface area contributed by atoms with Crippen LogP contribution in [-0.4, -0.2) is 50.4 Å². The Kier molecular flexibility index (Phi) is 8.60. The van der Waals surface area contributed by atoms with Crippen molar-refractivity contribution in [2.24, 2.45) is 10.7 Å². The van der Waals surface area contributed by atoms with E-state index in [0.29, 0.717) is 18.7 Å². The number of benzene rings is 1. The molecule has 0 bridgehead atoms. The molecule has 1 aromatic rings. The van der Waals surface area contributed by atoms with E-state index in [1.165, 1.54) is 22.7 Å². The Morgan fingerprint density at radius 2 is 1.96 bits per heavy atom. The van der Waals surface area contributed by atoms with Gasteiger partial charge in [-0.1, -0.05) is 6.42 Å². The van der Waals surface area contributed by atoms with Gasteiger partial charge in [0.05, 0.1) is 12.8 Å². The molecule has 1 aromatic carbocycles. The summed E-state index contributed by atoms with van der Waals surface area (Å²) in [6.07, 6.45) is -1.15. The summed E-state index contributed by atoms with van der Waals surface area (Å²) in [5.74, 6) is -0.293. The smallest absolute Gasteiger partial charge is 0.406 e. The molecule has 0 amide bonds. The lowest BCUT2D eigenvalue weighted by atomic mass is 10.1. The Morgan fingerprint density at radius 3 is 2.52 bits per heavy atom. The molecule has 0 aromatic heterocycles. The number of alkyl halides is 3. The first-order chi connectivity index (χ1) is 12.0. The highest BCUT2D eigenvalue weighted by atomic mass is 127. The largest absolute Gasteiger partial charge is 0.573 e. The number of piperidine rings is 1. The summed E-state index contributed by atoms with van der Waals surface area (Å²) in [5, 5.41) is 2.75. The molecule has 1 unspecified atom stereocenters. The summed E-state index contributed by atoms with van der Waals surface area (Å²) in [6, 6.07) is 4.78. The topological polar surface area (TPSA) is 97.0 Å². The van der Waals surface area contributed by atoms with E-state index in [9.17, 15) is 21.6 Å². The van der Waals surface area contributed by atoms with Gasteiger partial charge >= 0.3 is 6.36 Å². The van der Waals surface area contributed by atoms with E-state index in [0.717, 1.165) is 25.0 Å². The average molecular weight is 522 g/mol. The van der Waals surface area contributed by atoms with E-state index in [1.807, 2.05) is 0 Å². The number of guanidine groups is 1. The summed E-state index contributed by atoms with van der Waals surface area (Å²) < 4.78 is 65.2. The molecule has 0 radical (unpaired) electrons. The zero-order chi connectivity index (χ0) is 19.4. The monoisotopic (exact) mass is 522 g/mol. The summed E-state index contributed by atoms with van der Waals surface area (Å²) >= 11 is 0. The SMILES string of the molecule is CS(=O)(=O)N1CCCCC1CN=C(N)Nc1ccc(OC(F)(F)F)cc1.I. The van der Waals surface area contributed by atoms with Gasteiger partial charge in [0.1, 0.15) is 5.75 Å². The lowest BCUT2D eigenvalue weighted by Gasteiger charge is -2.32. The van der Waals surface area contributed by atoms with Crippen molar-refractivity contribution in [3.63, 3.8) is 0 Å². The first-order valence-corrected chi connectivity index (χ1v) is 9.79. The molecule has 27 heavy (non-hydrogen) atoms. The van der Waals surface area contributed by atoms with Gasteiger partial charge in [-0.2, -0.15) is 4.31 Å². The number of hydrogen-bond donors (Lipinski definition) is 2. The van der Waals surface area contributed by atoms with E-state index in [1.54, 1.807) is 0 Å². The third kappa shape index (κ3) is 8.09. The Balaban J connectivity index is 0.00000364. The molecule has 154 valence electrons. The van der Waals surface area contributed by atoms with Gasteiger partial charge < -0.3 is 15.8 Å². The Labute approximate surface area is 173 Å². The molecule has 0 spiro atoms. The Bertz CT molecular complexity index is 742. The van der Waals surface area contributed by atoms with E-state index in [2.05, 4.69) is 15.0 Å². The van der Waals surface area contributed by atoms with Crippen LogP contribution in [0.3, 0.4) is 0 Å².